The van der Waals surface area contributed by atoms with Crippen LogP contribution >= 0.6 is 0 Å². The van der Waals surface area contributed by atoms with Crippen molar-refractivity contribution in [3.8, 4) is 17.1 Å². The molecule has 0 saturated carbocycles. The molecule has 1 heterocycles. The maximum absolute atomic E-state index is 12.6. The van der Waals surface area contributed by atoms with E-state index in [4.69, 9.17) is 4.74 Å². The molecule has 0 radical (unpaired) electrons. The first-order valence-electron chi connectivity index (χ1n) is 7.03. The van der Waals surface area contributed by atoms with Gasteiger partial charge in [0.2, 0.25) is 0 Å². The highest BCUT2D eigenvalue weighted by Crippen LogP contribution is 2.33. The zero-order valence-corrected chi connectivity index (χ0v) is 13.1. The Morgan fingerprint density at radius 1 is 1.23 bits per heavy atom. The number of benzene rings is 1. The summed E-state index contributed by atoms with van der Waals surface area (Å²) >= 11 is 0. The standard InChI is InChI=1S/C14H12F5N3O4/c1-13(15,16)26-5-4-25-10-3-2-8(6-9(10)22(23)24)12-20-7-11(21-12)14(17,18)19/h2-3,6-7H,4-5H2,1H3,(H,20,21). The van der Waals surface area contributed by atoms with Gasteiger partial charge in [-0.3, -0.25) is 10.1 Å². The summed E-state index contributed by atoms with van der Waals surface area (Å²) in [4.78, 5) is 15.9. The van der Waals surface area contributed by atoms with Gasteiger partial charge in [-0.1, -0.05) is 0 Å². The summed E-state index contributed by atoms with van der Waals surface area (Å²) in [5.41, 5.74) is -1.64. The van der Waals surface area contributed by atoms with Gasteiger partial charge in [0, 0.05) is 18.6 Å². The molecule has 0 aliphatic heterocycles. The Balaban J connectivity index is 2.18. The molecule has 2 rings (SSSR count). The van der Waals surface area contributed by atoms with Gasteiger partial charge < -0.3 is 14.5 Å². The number of hydrogen-bond acceptors (Lipinski definition) is 5. The van der Waals surface area contributed by atoms with E-state index < -0.39 is 35.2 Å². The number of aromatic amines is 1. The number of alkyl halides is 5. The molecule has 0 fully saturated rings. The molecule has 142 valence electrons. The summed E-state index contributed by atoms with van der Waals surface area (Å²) in [7, 11) is 0. The maximum atomic E-state index is 12.6. The molecule has 1 N–H and O–H groups in total. The first kappa shape index (κ1) is 19.6. The van der Waals surface area contributed by atoms with Crippen LogP contribution in [0.2, 0.25) is 0 Å². The van der Waals surface area contributed by atoms with Crippen LogP contribution in [0.1, 0.15) is 12.6 Å². The van der Waals surface area contributed by atoms with Crippen molar-refractivity contribution < 1.29 is 36.3 Å². The van der Waals surface area contributed by atoms with Crippen LogP contribution in [0.3, 0.4) is 0 Å². The Hall–Kier alpha value is -2.76. The average molecular weight is 381 g/mol. The van der Waals surface area contributed by atoms with Crippen LogP contribution in [0, 0.1) is 10.1 Å². The Morgan fingerprint density at radius 2 is 1.92 bits per heavy atom. The van der Waals surface area contributed by atoms with E-state index in [2.05, 4.69) is 9.72 Å². The van der Waals surface area contributed by atoms with Gasteiger partial charge >= 0.3 is 18.0 Å². The molecule has 12 heteroatoms. The minimum Gasteiger partial charge on any atom is -0.484 e. The molecule has 1 aromatic carbocycles. The zero-order chi connectivity index (χ0) is 19.5. The summed E-state index contributed by atoms with van der Waals surface area (Å²) in [6, 6.07) is 3.34. The lowest BCUT2D eigenvalue weighted by molar-refractivity contribution is -0.385. The molecule has 0 amide bonds. The van der Waals surface area contributed by atoms with E-state index in [-0.39, 0.29) is 23.7 Å². The van der Waals surface area contributed by atoms with E-state index >= 15 is 0 Å². The van der Waals surface area contributed by atoms with E-state index in [0.717, 1.165) is 12.1 Å². The zero-order valence-electron chi connectivity index (χ0n) is 13.1. The van der Waals surface area contributed by atoms with Crippen LogP contribution in [0.5, 0.6) is 5.75 Å². The summed E-state index contributed by atoms with van der Waals surface area (Å²) < 4.78 is 71.9. The largest absolute Gasteiger partial charge is 0.484 e. The predicted octanol–water partition coefficient (Wildman–Crippen LogP) is 4.01. The summed E-state index contributed by atoms with van der Waals surface area (Å²) in [5, 5.41) is 11.1. The van der Waals surface area contributed by atoms with Crippen LogP contribution in [-0.4, -0.2) is 34.2 Å². The van der Waals surface area contributed by atoms with Crippen LogP contribution in [0.15, 0.2) is 24.4 Å². The number of rotatable bonds is 7. The molecular weight excluding hydrogens is 369 g/mol. The van der Waals surface area contributed by atoms with Crippen LogP contribution < -0.4 is 4.74 Å². The Bertz CT molecular complexity index is 786. The number of halogens is 5. The fraction of sp³-hybridized carbons (Fsp3) is 0.357. The third-order valence-electron chi connectivity index (χ3n) is 3.01. The Labute approximate surface area is 142 Å². The SMILES string of the molecule is CC(F)(F)OCCOc1ccc(-c2ncc(C(F)(F)F)[nH]2)cc1[N+](=O)[O-]. The predicted molar refractivity (Wildman–Crippen MR) is 77.7 cm³/mol. The van der Waals surface area contributed by atoms with E-state index in [9.17, 15) is 32.1 Å². The Kier molecular flexibility index (Phi) is 5.44. The summed E-state index contributed by atoms with van der Waals surface area (Å²) in [5.74, 6) is -0.467. The van der Waals surface area contributed by atoms with Gasteiger partial charge in [0.25, 0.3) is 0 Å². The van der Waals surface area contributed by atoms with Crippen LogP contribution in [0.25, 0.3) is 11.4 Å². The van der Waals surface area contributed by atoms with E-state index in [1.807, 2.05) is 4.98 Å². The van der Waals surface area contributed by atoms with E-state index in [1.54, 1.807) is 0 Å². The van der Waals surface area contributed by atoms with Gasteiger partial charge in [-0.05, 0) is 12.1 Å². The molecule has 2 aromatic rings. The third-order valence-corrected chi connectivity index (χ3v) is 3.01. The van der Waals surface area contributed by atoms with Crippen molar-refractivity contribution in [1.82, 2.24) is 9.97 Å². The molecule has 0 bridgehead atoms. The average Bonchev–Trinajstić information content (AvgIpc) is 3.00. The number of imidazole rings is 1. The molecule has 0 aliphatic rings. The topological polar surface area (TPSA) is 90.3 Å². The van der Waals surface area contributed by atoms with E-state index in [0.29, 0.717) is 13.1 Å². The van der Waals surface area contributed by atoms with Gasteiger partial charge in [-0.25, -0.2) is 4.98 Å². The van der Waals surface area contributed by atoms with Crippen molar-refractivity contribution in [2.75, 3.05) is 13.2 Å². The van der Waals surface area contributed by atoms with Gasteiger partial charge in [-0.15, -0.1) is 0 Å². The minimum atomic E-state index is -4.64. The molecule has 7 nitrogen and oxygen atoms in total. The fourth-order valence-electron chi connectivity index (χ4n) is 1.91. The third kappa shape index (κ3) is 5.12. The number of hydrogen-bond donors (Lipinski definition) is 1. The second kappa shape index (κ2) is 7.23. The fourth-order valence-corrected chi connectivity index (χ4v) is 1.91. The smallest absolute Gasteiger partial charge is 0.432 e. The lowest BCUT2D eigenvalue weighted by Crippen LogP contribution is -2.19. The van der Waals surface area contributed by atoms with Gasteiger partial charge in [0.15, 0.2) is 5.75 Å². The summed E-state index contributed by atoms with van der Waals surface area (Å²) in [6.45, 7) is -0.374. The first-order chi connectivity index (χ1) is 12.0. The molecular formula is C14H12F5N3O4. The van der Waals surface area contributed by atoms with Gasteiger partial charge in [0.1, 0.15) is 18.1 Å². The first-order valence-corrected chi connectivity index (χ1v) is 7.03. The van der Waals surface area contributed by atoms with Crippen molar-refractivity contribution in [2.24, 2.45) is 0 Å². The lowest BCUT2D eigenvalue weighted by Gasteiger charge is -2.12. The number of nitro benzene ring substituents is 1. The highest BCUT2D eigenvalue weighted by Gasteiger charge is 2.33. The van der Waals surface area contributed by atoms with Crippen molar-refractivity contribution >= 4 is 5.69 Å². The maximum Gasteiger partial charge on any atom is 0.432 e. The number of nitro groups is 1. The van der Waals surface area contributed by atoms with Crippen LogP contribution in [-0.2, 0) is 10.9 Å². The highest BCUT2D eigenvalue weighted by molar-refractivity contribution is 5.63. The number of nitrogens with zero attached hydrogens (tertiary/aromatic N) is 2. The molecule has 0 saturated heterocycles. The number of H-pyrrole nitrogens is 1. The van der Waals surface area contributed by atoms with Crippen LogP contribution in [0.4, 0.5) is 27.6 Å². The minimum absolute atomic E-state index is 0.0240. The number of nitrogens with one attached hydrogen (secondary N) is 1. The second-order valence-corrected chi connectivity index (χ2v) is 5.09. The Morgan fingerprint density at radius 3 is 2.46 bits per heavy atom. The molecule has 0 unspecified atom stereocenters. The van der Waals surface area contributed by atoms with Crippen molar-refractivity contribution in [3.63, 3.8) is 0 Å². The quantitative estimate of drug-likeness (QED) is 0.339. The molecule has 0 aliphatic carbocycles. The van der Waals surface area contributed by atoms with Gasteiger partial charge in [-0.2, -0.15) is 22.0 Å². The van der Waals surface area contributed by atoms with Gasteiger partial charge in [0.05, 0.1) is 17.7 Å². The van der Waals surface area contributed by atoms with E-state index in [1.165, 1.54) is 6.07 Å². The molecule has 0 spiro atoms. The highest BCUT2D eigenvalue weighted by atomic mass is 19.4. The van der Waals surface area contributed by atoms with Crippen molar-refractivity contribution in [1.29, 1.82) is 0 Å². The molecule has 26 heavy (non-hydrogen) atoms. The van der Waals surface area contributed by atoms with Crippen molar-refractivity contribution in [2.45, 2.75) is 19.2 Å². The second-order valence-electron chi connectivity index (χ2n) is 5.09. The number of ether oxygens (including phenoxy) is 2. The number of aromatic nitrogens is 2. The summed E-state index contributed by atoms with van der Waals surface area (Å²) in [6.07, 6.45) is -7.44. The molecule has 0 atom stereocenters. The van der Waals surface area contributed by atoms with Crippen molar-refractivity contribution in [3.05, 3.63) is 40.2 Å². The monoisotopic (exact) mass is 381 g/mol. The lowest BCUT2D eigenvalue weighted by atomic mass is 10.2. The normalized spacial score (nSPS) is 12.2. The molecule has 1 aromatic heterocycles.